The Morgan fingerprint density at radius 3 is 2.68 bits per heavy atom. The monoisotopic (exact) mass is 441 g/mol. The van der Waals surface area contributed by atoms with E-state index in [9.17, 15) is 4.79 Å². The summed E-state index contributed by atoms with van der Waals surface area (Å²) in [5, 5.41) is 3.25. The zero-order chi connectivity index (χ0) is 19.5. The maximum absolute atomic E-state index is 12.6. The topological polar surface area (TPSA) is 48.1 Å². The Morgan fingerprint density at radius 1 is 1.14 bits per heavy atom. The van der Waals surface area contributed by atoms with Crippen LogP contribution in [0.4, 0.5) is 0 Å². The van der Waals surface area contributed by atoms with Crippen LogP contribution in [0, 0.1) is 17.8 Å². The Balaban J connectivity index is 1.43. The lowest BCUT2D eigenvalue weighted by Crippen LogP contribution is -2.43. The van der Waals surface area contributed by atoms with Crippen LogP contribution in [-0.4, -0.2) is 34.9 Å². The van der Waals surface area contributed by atoms with Crippen LogP contribution in [0.1, 0.15) is 36.2 Å². The number of aromatic nitrogens is 1. The Hall–Kier alpha value is -2.01. The largest absolute Gasteiger partial charge is 0.373 e. The molecule has 2 heterocycles. The summed E-state index contributed by atoms with van der Waals surface area (Å²) >= 11 is 3.40. The van der Waals surface area contributed by atoms with E-state index in [2.05, 4.69) is 86.9 Å². The number of nitrogens with zero attached hydrogens (tertiary/aromatic N) is 1. The van der Waals surface area contributed by atoms with Gasteiger partial charge in [-0.05, 0) is 65.4 Å². The van der Waals surface area contributed by atoms with E-state index in [1.807, 2.05) is 6.07 Å². The van der Waals surface area contributed by atoms with Gasteiger partial charge in [-0.2, -0.15) is 0 Å². The lowest BCUT2D eigenvalue weighted by atomic mass is 9.69. The van der Waals surface area contributed by atoms with Crippen LogP contribution < -0.4 is 5.32 Å². The maximum Gasteiger partial charge on any atom is 0.267 e. The minimum Gasteiger partial charge on any atom is -0.373 e. The third kappa shape index (κ3) is 4.19. The number of carbonyl (C=O) groups is 1. The summed E-state index contributed by atoms with van der Waals surface area (Å²) < 4.78 is 0.903. The number of nitrogens with one attached hydrogen (secondary N) is 2. The molecule has 1 aromatic rings. The summed E-state index contributed by atoms with van der Waals surface area (Å²) in [4.78, 5) is 17.9. The Morgan fingerprint density at radius 2 is 1.93 bits per heavy atom. The van der Waals surface area contributed by atoms with Crippen molar-refractivity contribution in [1.82, 2.24) is 15.2 Å². The predicted molar refractivity (Wildman–Crippen MR) is 117 cm³/mol. The molecular formula is C23H28BrN3O. The van der Waals surface area contributed by atoms with Gasteiger partial charge in [0, 0.05) is 29.7 Å². The molecule has 1 aromatic heterocycles. The van der Waals surface area contributed by atoms with Gasteiger partial charge in [0.1, 0.15) is 5.69 Å². The van der Waals surface area contributed by atoms with E-state index >= 15 is 0 Å². The van der Waals surface area contributed by atoms with Crippen molar-refractivity contribution >= 4 is 21.8 Å². The zero-order valence-corrected chi connectivity index (χ0v) is 17.8. The van der Waals surface area contributed by atoms with Gasteiger partial charge in [-0.15, -0.1) is 0 Å². The second-order valence-corrected chi connectivity index (χ2v) is 9.05. The lowest BCUT2D eigenvalue weighted by Gasteiger charge is -2.42. The number of aromatic amines is 1. The van der Waals surface area contributed by atoms with Crippen molar-refractivity contribution in [2.75, 3.05) is 7.05 Å². The Labute approximate surface area is 175 Å². The number of halogens is 1. The van der Waals surface area contributed by atoms with Gasteiger partial charge < -0.3 is 15.2 Å². The van der Waals surface area contributed by atoms with Crippen molar-refractivity contribution in [3.05, 3.63) is 71.2 Å². The fourth-order valence-electron chi connectivity index (χ4n) is 4.92. The van der Waals surface area contributed by atoms with Crippen LogP contribution in [0.5, 0.6) is 0 Å². The summed E-state index contributed by atoms with van der Waals surface area (Å²) in [7, 11) is 2.16. The van der Waals surface area contributed by atoms with Crippen molar-refractivity contribution in [3.63, 3.8) is 0 Å². The van der Waals surface area contributed by atoms with E-state index in [1.165, 1.54) is 12.8 Å². The Kier molecular flexibility index (Phi) is 5.90. The predicted octanol–water partition coefficient (Wildman–Crippen LogP) is 4.81. The van der Waals surface area contributed by atoms with Crippen molar-refractivity contribution in [2.45, 2.75) is 37.8 Å². The Bertz CT molecular complexity index is 822. The molecule has 3 unspecified atom stereocenters. The van der Waals surface area contributed by atoms with Crippen LogP contribution in [0.2, 0.25) is 0 Å². The SMILES string of the molecule is CN1C=CC=CC1[C@H]1C=CC=C[C@H]1C1CCCC(NC(=O)c2cc(Br)c[nH]2)C1. The van der Waals surface area contributed by atoms with Gasteiger partial charge >= 0.3 is 0 Å². The molecule has 0 aromatic carbocycles. The summed E-state index contributed by atoms with van der Waals surface area (Å²) in [5.41, 5.74) is 0.619. The summed E-state index contributed by atoms with van der Waals surface area (Å²) in [6.45, 7) is 0. The number of H-pyrrole nitrogens is 1. The highest BCUT2D eigenvalue weighted by Crippen LogP contribution is 2.40. The highest BCUT2D eigenvalue weighted by molar-refractivity contribution is 9.10. The van der Waals surface area contributed by atoms with Crippen LogP contribution in [0.15, 0.2) is 65.5 Å². The molecule has 1 fully saturated rings. The first kappa shape index (κ1) is 19.3. The molecule has 1 amide bonds. The number of amides is 1. The minimum atomic E-state index is -0.00735. The summed E-state index contributed by atoms with van der Waals surface area (Å²) in [5.74, 6) is 1.56. The van der Waals surface area contributed by atoms with Gasteiger partial charge in [-0.3, -0.25) is 4.79 Å². The smallest absolute Gasteiger partial charge is 0.267 e. The molecule has 0 radical (unpaired) electrons. The fraction of sp³-hybridized carbons (Fsp3) is 0.435. The molecule has 0 spiro atoms. The number of hydrogen-bond acceptors (Lipinski definition) is 2. The van der Waals surface area contributed by atoms with E-state index in [1.54, 1.807) is 6.20 Å². The van der Waals surface area contributed by atoms with E-state index in [-0.39, 0.29) is 11.9 Å². The van der Waals surface area contributed by atoms with Gasteiger partial charge in [-0.1, -0.05) is 42.9 Å². The van der Waals surface area contributed by atoms with Crippen LogP contribution in [0.3, 0.4) is 0 Å². The highest BCUT2D eigenvalue weighted by Gasteiger charge is 2.36. The summed E-state index contributed by atoms with van der Waals surface area (Å²) in [6.07, 6.45) is 24.2. The molecule has 4 rings (SSSR count). The van der Waals surface area contributed by atoms with Gasteiger partial charge in [0.15, 0.2) is 0 Å². The molecule has 4 nitrogen and oxygen atoms in total. The molecular weight excluding hydrogens is 414 g/mol. The first-order valence-corrected chi connectivity index (χ1v) is 11.0. The normalized spacial score (nSPS) is 31.9. The van der Waals surface area contributed by atoms with Crippen molar-refractivity contribution in [3.8, 4) is 0 Å². The molecule has 1 aliphatic heterocycles. The van der Waals surface area contributed by atoms with E-state index in [0.29, 0.717) is 29.5 Å². The average Bonchev–Trinajstić information content (AvgIpc) is 3.15. The van der Waals surface area contributed by atoms with E-state index in [4.69, 9.17) is 0 Å². The first-order chi connectivity index (χ1) is 13.6. The number of hydrogen-bond donors (Lipinski definition) is 2. The van der Waals surface area contributed by atoms with Crippen molar-refractivity contribution in [2.24, 2.45) is 17.8 Å². The fourth-order valence-corrected chi connectivity index (χ4v) is 5.27. The van der Waals surface area contributed by atoms with Gasteiger partial charge in [0.2, 0.25) is 0 Å². The highest BCUT2D eigenvalue weighted by atomic mass is 79.9. The second kappa shape index (κ2) is 8.56. The van der Waals surface area contributed by atoms with Gasteiger partial charge in [0.05, 0.1) is 6.04 Å². The molecule has 28 heavy (non-hydrogen) atoms. The molecule has 148 valence electrons. The second-order valence-electron chi connectivity index (χ2n) is 8.14. The van der Waals surface area contributed by atoms with E-state index < -0.39 is 0 Å². The van der Waals surface area contributed by atoms with E-state index in [0.717, 1.165) is 17.3 Å². The quantitative estimate of drug-likeness (QED) is 0.703. The maximum atomic E-state index is 12.6. The zero-order valence-electron chi connectivity index (χ0n) is 16.2. The number of carbonyl (C=O) groups excluding carboxylic acids is 1. The third-order valence-corrected chi connectivity index (χ3v) is 6.77. The molecule has 1 saturated carbocycles. The van der Waals surface area contributed by atoms with Gasteiger partial charge in [-0.25, -0.2) is 0 Å². The number of rotatable bonds is 4. The molecule has 0 saturated heterocycles. The van der Waals surface area contributed by atoms with Crippen molar-refractivity contribution < 1.29 is 4.79 Å². The molecule has 5 atom stereocenters. The molecule has 5 heteroatoms. The lowest BCUT2D eigenvalue weighted by molar-refractivity contribution is 0.0901. The van der Waals surface area contributed by atoms with Crippen LogP contribution in [-0.2, 0) is 0 Å². The van der Waals surface area contributed by atoms with Crippen LogP contribution >= 0.6 is 15.9 Å². The minimum absolute atomic E-state index is 0.00735. The molecule has 3 aliphatic rings. The standard InChI is InChI=1S/C23H28BrN3O/c1-27-12-5-4-11-22(27)20-10-3-2-9-19(20)16-7-6-8-18(13-16)26-23(28)21-14-17(24)15-25-21/h2-5,9-12,14-16,18-20,22,25H,6-8,13H2,1H3,(H,26,28)/t16?,18?,19-,20-,22?/m0/s1. The van der Waals surface area contributed by atoms with Crippen LogP contribution in [0.25, 0.3) is 0 Å². The molecule has 0 bridgehead atoms. The van der Waals surface area contributed by atoms with Crippen molar-refractivity contribution in [1.29, 1.82) is 0 Å². The number of likely N-dealkylation sites (N-methyl/N-ethyl adjacent to an activating group) is 1. The molecule has 2 aliphatic carbocycles. The average molecular weight is 442 g/mol. The first-order valence-electron chi connectivity index (χ1n) is 10.2. The third-order valence-electron chi connectivity index (χ3n) is 6.31. The molecule has 2 N–H and O–H groups in total. The van der Waals surface area contributed by atoms with Gasteiger partial charge in [0.25, 0.3) is 5.91 Å². The summed E-state index contributed by atoms with van der Waals surface area (Å²) in [6, 6.07) is 2.47. The number of allylic oxidation sites excluding steroid dienone is 5.